The van der Waals surface area contributed by atoms with Crippen molar-refractivity contribution >= 4 is 0 Å². The van der Waals surface area contributed by atoms with Crippen LogP contribution in [0.2, 0.25) is 0 Å². The molecular formula is C15H23NO. The maximum atomic E-state index is 5.42. The van der Waals surface area contributed by atoms with Crippen LogP contribution in [0.25, 0.3) is 0 Å². The van der Waals surface area contributed by atoms with Crippen LogP contribution in [0.4, 0.5) is 0 Å². The van der Waals surface area contributed by atoms with Crippen LogP contribution in [0.1, 0.15) is 50.6 Å². The Morgan fingerprint density at radius 1 is 1.18 bits per heavy atom. The Hall–Kier alpha value is -1.02. The summed E-state index contributed by atoms with van der Waals surface area (Å²) in [5.74, 6) is 0.989. The summed E-state index contributed by atoms with van der Waals surface area (Å²) in [6.45, 7) is 2.23. The van der Waals surface area contributed by atoms with Gasteiger partial charge in [0.2, 0.25) is 0 Å². The van der Waals surface area contributed by atoms with Gasteiger partial charge in [0.1, 0.15) is 5.75 Å². The summed E-state index contributed by atoms with van der Waals surface area (Å²) >= 11 is 0. The molecule has 0 radical (unpaired) electrons. The number of benzene rings is 1. The fourth-order valence-corrected chi connectivity index (χ4v) is 2.74. The third-order valence-electron chi connectivity index (χ3n) is 3.70. The van der Waals surface area contributed by atoms with Crippen LogP contribution in [0.15, 0.2) is 24.3 Å². The highest BCUT2D eigenvalue weighted by Crippen LogP contribution is 2.26. The van der Waals surface area contributed by atoms with Crippen molar-refractivity contribution in [1.82, 2.24) is 5.32 Å². The summed E-state index contributed by atoms with van der Waals surface area (Å²) in [5.41, 5.74) is 1.26. The van der Waals surface area contributed by atoms with Gasteiger partial charge in [0.15, 0.2) is 0 Å². The molecule has 0 spiro atoms. The molecule has 1 aliphatic rings. The van der Waals surface area contributed by atoms with Crippen LogP contribution in [0.3, 0.4) is 0 Å². The lowest BCUT2D eigenvalue weighted by Gasteiger charge is -2.27. The quantitative estimate of drug-likeness (QED) is 0.856. The summed E-state index contributed by atoms with van der Waals surface area (Å²) in [4.78, 5) is 0. The summed E-state index contributed by atoms with van der Waals surface area (Å²) in [5, 5.41) is 3.73. The predicted octanol–water partition coefficient (Wildman–Crippen LogP) is 3.68. The largest absolute Gasteiger partial charge is 0.496 e. The molecule has 0 saturated heterocycles. The highest BCUT2D eigenvalue weighted by molar-refractivity contribution is 5.35. The molecular weight excluding hydrogens is 210 g/mol. The molecule has 17 heavy (non-hydrogen) atoms. The lowest BCUT2D eigenvalue weighted by atomic mass is 9.94. The van der Waals surface area contributed by atoms with Gasteiger partial charge in [0, 0.05) is 17.6 Å². The van der Waals surface area contributed by atoms with Gasteiger partial charge in [0.25, 0.3) is 0 Å². The topological polar surface area (TPSA) is 21.3 Å². The van der Waals surface area contributed by atoms with E-state index in [1.54, 1.807) is 7.11 Å². The first kappa shape index (κ1) is 12.4. The fraction of sp³-hybridized carbons (Fsp3) is 0.600. The summed E-state index contributed by atoms with van der Waals surface area (Å²) in [7, 11) is 1.74. The molecule has 1 N–H and O–H groups in total. The van der Waals surface area contributed by atoms with E-state index in [1.165, 1.54) is 37.7 Å². The molecule has 2 nitrogen and oxygen atoms in total. The average Bonchev–Trinajstić information content (AvgIpc) is 2.40. The minimum absolute atomic E-state index is 0.370. The molecule has 1 aromatic rings. The van der Waals surface area contributed by atoms with Crippen molar-refractivity contribution in [3.8, 4) is 5.75 Å². The number of nitrogens with one attached hydrogen (secondary N) is 1. The van der Waals surface area contributed by atoms with E-state index in [0.29, 0.717) is 12.1 Å². The SMILES string of the molecule is COc1ccccc1[C@H](C)NC1CCCCC1. The van der Waals surface area contributed by atoms with E-state index >= 15 is 0 Å². The van der Waals surface area contributed by atoms with Crippen molar-refractivity contribution in [2.75, 3.05) is 7.11 Å². The fourth-order valence-electron chi connectivity index (χ4n) is 2.74. The molecule has 94 valence electrons. The number of para-hydroxylation sites is 1. The van der Waals surface area contributed by atoms with E-state index < -0.39 is 0 Å². The third kappa shape index (κ3) is 3.22. The first-order valence-corrected chi connectivity index (χ1v) is 6.70. The zero-order chi connectivity index (χ0) is 12.1. The van der Waals surface area contributed by atoms with Gasteiger partial charge in [-0.05, 0) is 25.8 Å². The zero-order valence-electron chi connectivity index (χ0n) is 10.9. The summed E-state index contributed by atoms with van der Waals surface area (Å²) < 4.78 is 5.42. The van der Waals surface area contributed by atoms with Gasteiger partial charge in [-0.2, -0.15) is 0 Å². The maximum Gasteiger partial charge on any atom is 0.123 e. The van der Waals surface area contributed by atoms with Crippen LogP contribution in [0.5, 0.6) is 5.75 Å². The standard InChI is InChI=1S/C15H23NO/c1-12(16-13-8-4-3-5-9-13)14-10-6-7-11-15(14)17-2/h6-7,10-13,16H,3-5,8-9H2,1-2H3/t12-/m0/s1. The Labute approximate surface area is 104 Å². The van der Waals surface area contributed by atoms with Crippen molar-refractivity contribution < 1.29 is 4.74 Å². The number of hydrogen-bond acceptors (Lipinski definition) is 2. The molecule has 1 atom stereocenters. The molecule has 0 amide bonds. The van der Waals surface area contributed by atoms with E-state index in [2.05, 4.69) is 24.4 Å². The van der Waals surface area contributed by atoms with Gasteiger partial charge in [-0.25, -0.2) is 0 Å². The van der Waals surface area contributed by atoms with Gasteiger partial charge >= 0.3 is 0 Å². The molecule has 0 unspecified atom stereocenters. The first-order valence-electron chi connectivity index (χ1n) is 6.70. The zero-order valence-corrected chi connectivity index (χ0v) is 10.9. The Morgan fingerprint density at radius 2 is 1.88 bits per heavy atom. The second-order valence-electron chi connectivity index (χ2n) is 4.97. The molecule has 0 aromatic heterocycles. The minimum Gasteiger partial charge on any atom is -0.496 e. The Kier molecular flexibility index (Phi) is 4.43. The predicted molar refractivity (Wildman–Crippen MR) is 71.4 cm³/mol. The van der Waals surface area contributed by atoms with E-state index in [1.807, 2.05) is 12.1 Å². The van der Waals surface area contributed by atoms with Crippen LogP contribution >= 0.6 is 0 Å². The normalized spacial score (nSPS) is 18.9. The summed E-state index contributed by atoms with van der Waals surface area (Å²) in [6, 6.07) is 9.35. The van der Waals surface area contributed by atoms with Crippen LogP contribution < -0.4 is 10.1 Å². The maximum absolute atomic E-state index is 5.42. The molecule has 1 aromatic carbocycles. The molecule has 2 rings (SSSR count). The Morgan fingerprint density at radius 3 is 2.59 bits per heavy atom. The first-order chi connectivity index (χ1) is 8.31. The second kappa shape index (κ2) is 6.06. The van der Waals surface area contributed by atoms with Crippen LogP contribution in [-0.2, 0) is 0 Å². The van der Waals surface area contributed by atoms with E-state index in [0.717, 1.165) is 5.75 Å². The highest BCUT2D eigenvalue weighted by atomic mass is 16.5. The molecule has 0 bridgehead atoms. The van der Waals surface area contributed by atoms with Gasteiger partial charge in [-0.1, -0.05) is 37.5 Å². The van der Waals surface area contributed by atoms with Crippen molar-refractivity contribution in [1.29, 1.82) is 0 Å². The van der Waals surface area contributed by atoms with E-state index in [4.69, 9.17) is 4.74 Å². The number of ether oxygens (including phenoxy) is 1. The molecule has 2 heteroatoms. The molecule has 1 aliphatic carbocycles. The van der Waals surface area contributed by atoms with Gasteiger partial charge < -0.3 is 10.1 Å². The van der Waals surface area contributed by atoms with Gasteiger partial charge in [-0.3, -0.25) is 0 Å². The Bertz CT molecular complexity index is 345. The summed E-state index contributed by atoms with van der Waals surface area (Å²) in [6.07, 6.45) is 6.78. The third-order valence-corrected chi connectivity index (χ3v) is 3.70. The number of hydrogen-bond donors (Lipinski definition) is 1. The van der Waals surface area contributed by atoms with Crippen LogP contribution in [-0.4, -0.2) is 13.2 Å². The monoisotopic (exact) mass is 233 g/mol. The van der Waals surface area contributed by atoms with Crippen molar-refractivity contribution in [3.63, 3.8) is 0 Å². The van der Waals surface area contributed by atoms with Crippen molar-refractivity contribution in [3.05, 3.63) is 29.8 Å². The highest BCUT2D eigenvalue weighted by Gasteiger charge is 2.17. The Balaban J connectivity index is 2.00. The van der Waals surface area contributed by atoms with Crippen molar-refractivity contribution in [2.45, 2.75) is 51.1 Å². The molecule has 0 heterocycles. The lowest BCUT2D eigenvalue weighted by Crippen LogP contribution is -2.33. The molecule has 0 aliphatic heterocycles. The minimum atomic E-state index is 0.370. The lowest BCUT2D eigenvalue weighted by molar-refractivity contribution is 0.339. The molecule has 1 fully saturated rings. The van der Waals surface area contributed by atoms with Gasteiger partial charge in [-0.15, -0.1) is 0 Å². The van der Waals surface area contributed by atoms with Gasteiger partial charge in [0.05, 0.1) is 7.11 Å². The number of methoxy groups -OCH3 is 1. The van der Waals surface area contributed by atoms with Crippen molar-refractivity contribution in [2.24, 2.45) is 0 Å². The average molecular weight is 233 g/mol. The smallest absolute Gasteiger partial charge is 0.123 e. The number of rotatable bonds is 4. The van der Waals surface area contributed by atoms with E-state index in [-0.39, 0.29) is 0 Å². The van der Waals surface area contributed by atoms with E-state index in [9.17, 15) is 0 Å². The second-order valence-corrected chi connectivity index (χ2v) is 4.97. The van der Waals surface area contributed by atoms with Crippen LogP contribution in [0, 0.1) is 0 Å². The molecule has 1 saturated carbocycles.